The second kappa shape index (κ2) is 18.3. The minimum atomic E-state index is -1.53. The number of carbonyl (C=O) groups excluding carboxylic acids is 1. The van der Waals surface area contributed by atoms with Crippen LogP contribution in [0.4, 0.5) is 0 Å². The summed E-state index contributed by atoms with van der Waals surface area (Å²) < 4.78 is 24.0. The Morgan fingerprint density at radius 1 is 0.667 bits per heavy atom. The van der Waals surface area contributed by atoms with E-state index in [0.717, 1.165) is 42.1 Å². The van der Waals surface area contributed by atoms with Gasteiger partial charge in [-0.25, -0.2) is 4.79 Å². The van der Waals surface area contributed by atoms with Crippen molar-refractivity contribution in [1.82, 2.24) is 0 Å². The number of carbonyl (C=O) groups is 1. The molecule has 45 heavy (non-hydrogen) atoms. The zero-order valence-corrected chi connectivity index (χ0v) is 30.8. The molecule has 0 aromatic heterocycles. The first-order valence-corrected chi connectivity index (χ1v) is 23.5. The fourth-order valence-corrected chi connectivity index (χ4v) is 13.7. The Morgan fingerprint density at radius 2 is 1.22 bits per heavy atom. The van der Waals surface area contributed by atoms with Crippen LogP contribution in [0.15, 0.2) is 72.8 Å². The van der Waals surface area contributed by atoms with Gasteiger partial charge in [-0.05, 0) is 125 Å². The molecule has 0 aliphatic carbocycles. The lowest BCUT2D eigenvalue weighted by molar-refractivity contribution is 0.0734. The van der Waals surface area contributed by atoms with E-state index >= 15 is 0 Å². The third-order valence-electron chi connectivity index (χ3n) is 7.67. The van der Waals surface area contributed by atoms with E-state index in [9.17, 15) is 4.79 Å². The van der Waals surface area contributed by atoms with Crippen molar-refractivity contribution >= 4 is 22.6 Å². The summed E-state index contributed by atoms with van der Waals surface area (Å²) in [6, 6.07) is 24.2. The summed E-state index contributed by atoms with van der Waals surface area (Å²) in [7, 11) is -2.97. The van der Waals surface area contributed by atoms with Crippen molar-refractivity contribution in [3.05, 3.63) is 78.4 Å². The lowest BCUT2D eigenvalue weighted by Gasteiger charge is -2.31. The molecule has 0 amide bonds. The molecule has 0 spiro atoms. The highest BCUT2D eigenvalue weighted by molar-refractivity contribution is 6.84. The maximum atomic E-state index is 12.7. The van der Waals surface area contributed by atoms with Gasteiger partial charge in [0.2, 0.25) is 0 Å². The largest absolute Gasteiger partial charge is 0.494 e. The summed E-state index contributed by atoms with van der Waals surface area (Å²) in [6.07, 6.45) is 10.9. The summed E-state index contributed by atoms with van der Waals surface area (Å²) in [6.45, 7) is 16.6. The van der Waals surface area contributed by atoms with Crippen LogP contribution in [0.3, 0.4) is 0 Å². The quantitative estimate of drug-likeness (QED) is 0.0528. The molecule has 0 bridgehead atoms. The molecule has 0 saturated carbocycles. The zero-order chi connectivity index (χ0) is 32.7. The molecule has 3 aromatic carbocycles. The summed E-state index contributed by atoms with van der Waals surface area (Å²) in [5, 5.41) is 0. The number of benzene rings is 3. The Balaban J connectivity index is 1.37. The highest BCUT2D eigenvalue weighted by Gasteiger charge is 2.28. The third-order valence-corrected chi connectivity index (χ3v) is 13.9. The normalized spacial score (nSPS) is 12.5. The monoisotopic (exact) mass is 648 g/mol. The topological polar surface area (TPSA) is 54.0 Å². The van der Waals surface area contributed by atoms with Gasteiger partial charge in [0.05, 0.1) is 18.3 Å². The third kappa shape index (κ3) is 14.4. The van der Waals surface area contributed by atoms with Crippen LogP contribution in [0.2, 0.25) is 38.8 Å². The summed E-state index contributed by atoms with van der Waals surface area (Å²) >= 11 is 0. The van der Waals surface area contributed by atoms with E-state index in [1.165, 1.54) is 51.0 Å². The van der Waals surface area contributed by atoms with Crippen molar-refractivity contribution < 1.29 is 23.1 Å². The first kappa shape index (κ1) is 36.6. The molecule has 0 heterocycles. The van der Waals surface area contributed by atoms with Crippen molar-refractivity contribution in [2.24, 2.45) is 0 Å². The zero-order valence-electron chi connectivity index (χ0n) is 28.8. The summed E-state index contributed by atoms with van der Waals surface area (Å²) in [4.78, 5) is 12.7. The lowest BCUT2D eigenvalue weighted by atomic mass is 10.0. The van der Waals surface area contributed by atoms with Gasteiger partial charge in [0.1, 0.15) is 17.2 Å². The molecule has 0 aliphatic heterocycles. The van der Waals surface area contributed by atoms with Crippen LogP contribution in [-0.2, 0) is 4.12 Å². The standard InChI is InChI=1S/C38H56O5Si2/c1-8-9-10-13-16-31(2)41-36-25-27-37(28-26-36)42-38(39)34-19-17-32(18-20-34)33-21-23-35(24-22-33)40-29-14-11-12-15-30-45(6,7)43-44(3,4)5/h17-28,31H,8-16,29-30H2,1-7H3. The smallest absolute Gasteiger partial charge is 0.343 e. The second-order valence-corrected chi connectivity index (χ2v) is 22.8. The Kier molecular flexibility index (Phi) is 14.9. The van der Waals surface area contributed by atoms with Gasteiger partial charge in [0.15, 0.2) is 16.6 Å². The van der Waals surface area contributed by atoms with Gasteiger partial charge in [0.25, 0.3) is 0 Å². The molecule has 5 nitrogen and oxygen atoms in total. The Labute approximate surface area is 274 Å². The molecule has 0 N–H and O–H groups in total. The molecule has 3 rings (SSSR count). The van der Waals surface area contributed by atoms with Gasteiger partial charge >= 0.3 is 5.97 Å². The van der Waals surface area contributed by atoms with Crippen molar-refractivity contribution in [3.8, 4) is 28.4 Å². The van der Waals surface area contributed by atoms with Crippen LogP contribution >= 0.6 is 0 Å². The minimum Gasteiger partial charge on any atom is -0.494 e. The van der Waals surface area contributed by atoms with Gasteiger partial charge in [-0.2, -0.15) is 0 Å². The van der Waals surface area contributed by atoms with E-state index in [-0.39, 0.29) is 12.1 Å². The SMILES string of the molecule is CCCCCCC(C)Oc1ccc(OC(=O)c2ccc(-c3ccc(OCCCCCC[Si](C)(C)O[Si](C)(C)C)cc3)cc2)cc1. The van der Waals surface area contributed by atoms with E-state index in [1.807, 2.05) is 36.4 Å². The Bertz CT molecular complexity index is 1270. The minimum absolute atomic E-state index is 0.164. The van der Waals surface area contributed by atoms with E-state index in [4.69, 9.17) is 18.3 Å². The summed E-state index contributed by atoms with van der Waals surface area (Å²) in [5.41, 5.74) is 2.62. The average molecular weight is 649 g/mol. The average Bonchev–Trinajstić information content (AvgIpc) is 2.99. The molecule has 1 atom stereocenters. The van der Waals surface area contributed by atoms with Crippen molar-refractivity contribution in [2.45, 2.75) is 117 Å². The first-order valence-electron chi connectivity index (χ1n) is 17.0. The molecule has 1 unspecified atom stereocenters. The van der Waals surface area contributed by atoms with Crippen molar-refractivity contribution in [3.63, 3.8) is 0 Å². The molecular weight excluding hydrogens is 593 g/mol. The van der Waals surface area contributed by atoms with E-state index in [2.05, 4.69) is 58.7 Å². The highest BCUT2D eigenvalue weighted by Crippen LogP contribution is 2.25. The molecule has 0 radical (unpaired) electrons. The predicted octanol–water partition coefficient (Wildman–Crippen LogP) is 11.3. The molecular formula is C38H56O5Si2. The number of hydrogen-bond donors (Lipinski definition) is 0. The molecule has 3 aromatic rings. The van der Waals surface area contributed by atoms with E-state index < -0.39 is 16.6 Å². The predicted molar refractivity (Wildman–Crippen MR) is 193 cm³/mol. The number of rotatable bonds is 20. The van der Waals surface area contributed by atoms with Gasteiger partial charge in [0, 0.05) is 0 Å². The van der Waals surface area contributed by atoms with Crippen molar-refractivity contribution in [2.75, 3.05) is 6.61 Å². The van der Waals surface area contributed by atoms with Crippen LogP contribution in [0.1, 0.15) is 82.0 Å². The molecule has 7 heteroatoms. The van der Waals surface area contributed by atoms with Crippen LogP contribution in [0.5, 0.6) is 17.2 Å². The van der Waals surface area contributed by atoms with Crippen LogP contribution in [0, 0.1) is 0 Å². The Hall–Kier alpha value is -2.88. The molecule has 246 valence electrons. The van der Waals surface area contributed by atoms with Gasteiger partial charge < -0.3 is 18.3 Å². The highest BCUT2D eigenvalue weighted by atomic mass is 28.4. The van der Waals surface area contributed by atoms with Crippen LogP contribution in [0.25, 0.3) is 11.1 Å². The van der Waals surface area contributed by atoms with Crippen molar-refractivity contribution in [1.29, 1.82) is 0 Å². The number of ether oxygens (including phenoxy) is 3. The molecule has 0 saturated heterocycles. The molecule has 0 fully saturated rings. The number of hydrogen-bond acceptors (Lipinski definition) is 5. The van der Waals surface area contributed by atoms with Gasteiger partial charge in [-0.15, -0.1) is 0 Å². The summed E-state index contributed by atoms with van der Waals surface area (Å²) in [5.74, 6) is 1.79. The first-order chi connectivity index (χ1) is 21.4. The van der Waals surface area contributed by atoms with Crippen LogP contribution in [-0.4, -0.2) is 35.3 Å². The maximum Gasteiger partial charge on any atom is 0.343 e. The fourth-order valence-electron chi connectivity index (χ4n) is 5.52. The van der Waals surface area contributed by atoms with Gasteiger partial charge in [-0.3, -0.25) is 0 Å². The lowest BCUT2D eigenvalue weighted by Crippen LogP contribution is -2.42. The number of esters is 1. The number of unbranched alkanes of at least 4 members (excludes halogenated alkanes) is 6. The van der Waals surface area contributed by atoms with Crippen LogP contribution < -0.4 is 14.2 Å². The van der Waals surface area contributed by atoms with Gasteiger partial charge in [-0.1, -0.05) is 69.7 Å². The Morgan fingerprint density at radius 3 is 1.84 bits per heavy atom. The maximum absolute atomic E-state index is 12.7. The van der Waals surface area contributed by atoms with E-state index in [1.54, 1.807) is 24.3 Å². The fraction of sp³-hybridized carbons (Fsp3) is 0.500. The second-order valence-electron chi connectivity index (χ2n) is 13.7. The molecule has 0 aliphatic rings. The van der Waals surface area contributed by atoms with E-state index in [0.29, 0.717) is 11.3 Å².